The number of aromatic nitrogens is 4. The first-order valence-electron chi connectivity index (χ1n) is 9.41. The summed E-state index contributed by atoms with van der Waals surface area (Å²) in [5.74, 6) is 2.43. The van der Waals surface area contributed by atoms with E-state index in [4.69, 9.17) is 0 Å². The number of fused-ring (bicyclic) bond motifs is 1. The highest BCUT2D eigenvalue weighted by molar-refractivity contribution is 5.44. The second-order valence-corrected chi connectivity index (χ2v) is 7.34. The van der Waals surface area contributed by atoms with Crippen LogP contribution in [-0.2, 0) is 13.1 Å². The van der Waals surface area contributed by atoms with Crippen molar-refractivity contribution in [3.05, 3.63) is 53.3 Å². The molecule has 6 nitrogen and oxygen atoms in total. The van der Waals surface area contributed by atoms with Gasteiger partial charge in [-0.3, -0.25) is 4.90 Å². The Morgan fingerprint density at radius 3 is 2.81 bits per heavy atom. The standard InChI is InChI=1S/C20H26N6/c1-15-6-5-11-25(13-15)14-18-8-4-3-7-17(18)12-21-19-9-10-20-23-22-16(2)26(20)24-19/h3-4,7-10,15H,5-6,11-14H2,1-2H3,(H,21,24). The van der Waals surface area contributed by atoms with E-state index in [1.54, 1.807) is 4.52 Å². The number of aryl methyl sites for hydroxylation is 1. The lowest BCUT2D eigenvalue weighted by Gasteiger charge is -2.31. The Bertz CT molecular complexity index is 887. The molecule has 6 heteroatoms. The molecule has 1 aliphatic rings. The van der Waals surface area contributed by atoms with Gasteiger partial charge >= 0.3 is 0 Å². The smallest absolute Gasteiger partial charge is 0.178 e. The average Bonchev–Trinajstić information content (AvgIpc) is 3.02. The van der Waals surface area contributed by atoms with Gasteiger partial charge < -0.3 is 5.32 Å². The molecule has 26 heavy (non-hydrogen) atoms. The monoisotopic (exact) mass is 350 g/mol. The summed E-state index contributed by atoms with van der Waals surface area (Å²) in [7, 11) is 0. The summed E-state index contributed by atoms with van der Waals surface area (Å²) in [6, 6.07) is 12.6. The number of benzene rings is 1. The zero-order chi connectivity index (χ0) is 17.9. The van der Waals surface area contributed by atoms with Crippen molar-refractivity contribution in [2.45, 2.75) is 39.8 Å². The van der Waals surface area contributed by atoms with Crippen molar-refractivity contribution in [2.24, 2.45) is 5.92 Å². The minimum Gasteiger partial charge on any atom is -0.365 e. The summed E-state index contributed by atoms with van der Waals surface area (Å²) >= 11 is 0. The lowest BCUT2D eigenvalue weighted by molar-refractivity contribution is 0.176. The minimum atomic E-state index is 0.763. The molecule has 1 N–H and O–H groups in total. The number of hydrogen-bond acceptors (Lipinski definition) is 5. The van der Waals surface area contributed by atoms with E-state index >= 15 is 0 Å². The number of likely N-dealkylation sites (tertiary alicyclic amines) is 1. The van der Waals surface area contributed by atoms with E-state index in [0.29, 0.717) is 0 Å². The molecule has 0 radical (unpaired) electrons. The Morgan fingerprint density at radius 1 is 1.12 bits per heavy atom. The molecule has 0 amide bonds. The molecule has 2 aromatic heterocycles. The quantitative estimate of drug-likeness (QED) is 0.765. The minimum absolute atomic E-state index is 0.763. The van der Waals surface area contributed by atoms with Crippen LogP contribution in [0.1, 0.15) is 36.7 Å². The Balaban J connectivity index is 1.46. The molecular formula is C20H26N6. The normalized spacial score (nSPS) is 18.3. The molecule has 3 aromatic rings. The Hall–Kier alpha value is -2.47. The van der Waals surface area contributed by atoms with E-state index in [0.717, 1.165) is 36.3 Å². The molecule has 1 atom stereocenters. The van der Waals surface area contributed by atoms with Gasteiger partial charge in [0.25, 0.3) is 0 Å². The van der Waals surface area contributed by atoms with Crippen LogP contribution in [0.3, 0.4) is 0 Å². The number of hydrogen-bond donors (Lipinski definition) is 1. The van der Waals surface area contributed by atoms with Crippen molar-refractivity contribution in [1.82, 2.24) is 24.7 Å². The van der Waals surface area contributed by atoms with Crippen LogP contribution < -0.4 is 5.32 Å². The second kappa shape index (κ2) is 7.41. The van der Waals surface area contributed by atoms with Crippen molar-refractivity contribution >= 4 is 11.5 Å². The molecule has 4 rings (SSSR count). The Morgan fingerprint density at radius 2 is 1.96 bits per heavy atom. The molecule has 136 valence electrons. The topological polar surface area (TPSA) is 58.4 Å². The van der Waals surface area contributed by atoms with Gasteiger partial charge in [-0.1, -0.05) is 31.2 Å². The van der Waals surface area contributed by atoms with Crippen LogP contribution in [0.25, 0.3) is 5.65 Å². The third-order valence-corrected chi connectivity index (χ3v) is 5.13. The van der Waals surface area contributed by atoms with Crippen LogP contribution in [0.15, 0.2) is 36.4 Å². The number of nitrogens with zero attached hydrogens (tertiary/aromatic N) is 5. The molecule has 0 bridgehead atoms. The van der Waals surface area contributed by atoms with Crippen LogP contribution in [0.2, 0.25) is 0 Å². The van der Waals surface area contributed by atoms with E-state index in [9.17, 15) is 0 Å². The first-order chi connectivity index (χ1) is 12.7. The molecule has 1 fully saturated rings. The molecule has 1 aliphatic heterocycles. The Labute approximate surface area is 154 Å². The Kier molecular flexibility index (Phi) is 4.84. The van der Waals surface area contributed by atoms with Crippen LogP contribution in [0.4, 0.5) is 5.82 Å². The van der Waals surface area contributed by atoms with Gasteiger partial charge in [0, 0.05) is 19.6 Å². The van der Waals surface area contributed by atoms with Gasteiger partial charge in [0.15, 0.2) is 11.5 Å². The van der Waals surface area contributed by atoms with Crippen molar-refractivity contribution in [3.8, 4) is 0 Å². The van der Waals surface area contributed by atoms with Gasteiger partial charge in [-0.15, -0.1) is 15.3 Å². The number of piperidine rings is 1. The van der Waals surface area contributed by atoms with Crippen LogP contribution in [0.5, 0.6) is 0 Å². The zero-order valence-corrected chi connectivity index (χ0v) is 15.5. The van der Waals surface area contributed by atoms with Gasteiger partial charge in [-0.2, -0.15) is 4.52 Å². The van der Waals surface area contributed by atoms with Crippen molar-refractivity contribution in [1.29, 1.82) is 0 Å². The highest BCUT2D eigenvalue weighted by Crippen LogP contribution is 2.20. The van der Waals surface area contributed by atoms with E-state index in [1.807, 2.05) is 19.1 Å². The average molecular weight is 350 g/mol. The first kappa shape index (κ1) is 17.0. The summed E-state index contributed by atoms with van der Waals surface area (Å²) in [5, 5.41) is 16.2. The zero-order valence-electron chi connectivity index (χ0n) is 15.5. The maximum Gasteiger partial charge on any atom is 0.178 e. The van der Waals surface area contributed by atoms with E-state index in [-0.39, 0.29) is 0 Å². The predicted molar refractivity (Wildman–Crippen MR) is 103 cm³/mol. The fourth-order valence-corrected chi connectivity index (χ4v) is 3.73. The van der Waals surface area contributed by atoms with E-state index in [2.05, 4.69) is 56.7 Å². The maximum absolute atomic E-state index is 4.58. The largest absolute Gasteiger partial charge is 0.365 e. The van der Waals surface area contributed by atoms with E-state index in [1.165, 1.54) is 37.1 Å². The highest BCUT2D eigenvalue weighted by Gasteiger charge is 2.17. The molecule has 0 spiro atoms. The molecular weight excluding hydrogens is 324 g/mol. The SMILES string of the molecule is Cc1nnc2ccc(NCc3ccccc3CN3CCCC(C)C3)nn12. The van der Waals surface area contributed by atoms with Gasteiger partial charge in [0.1, 0.15) is 5.82 Å². The molecule has 0 aliphatic carbocycles. The predicted octanol–water partition coefficient (Wildman–Crippen LogP) is 3.28. The summed E-state index contributed by atoms with van der Waals surface area (Å²) in [4.78, 5) is 2.58. The number of nitrogens with one attached hydrogen (secondary N) is 1. The third-order valence-electron chi connectivity index (χ3n) is 5.13. The van der Waals surface area contributed by atoms with Gasteiger partial charge in [0.2, 0.25) is 0 Å². The second-order valence-electron chi connectivity index (χ2n) is 7.34. The van der Waals surface area contributed by atoms with Crippen LogP contribution in [-0.4, -0.2) is 37.8 Å². The van der Waals surface area contributed by atoms with Gasteiger partial charge in [-0.25, -0.2) is 0 Å². The summed E-state index contributed by atoms with van der Waals surface area (Å²) in [6.45, 7) is 8.46. The fraction of sp³-hybridized carbons (Fsp3) is 0.450. The number of rotatable bonds is 5. The van der Waals surface area contributed by atoms with E-state index < -0.39 is 0 Å². The fourth-order valence-electron chi connectivity index (χ4n) is 3.73. The van der Waals surface area contributed by atoms with Crippen molar-refractivity contribution < 1.29 is 0 Å². The summed E-state index contributed by atoms with van der Waals surface area (Å²) < 4.78 is 1.77. The molecule has 1 saturated heterocycles. The first-order valence-corrected chi connectivity index (χ1v) is 9.41. The van der Waals surface area contributed by atoms with Crippen LogP contribution >= 0.6 is 0 Å². The van der Waals surface area contributed by atoms with Gasteiger partial charge in [-0.05, 0) is 55.5 Å². The van der Waals surface area contributed by atoms with Crippen molar-refractivity contribution in [3.63, 3.8) is 0 Å². The molecule has 1 unspecified atom stereocenters. The molecule has 1 aromatic carbocycles. The van der Waals surface area contributed by atoms with Crippen LogP contribution in [0, 0.1) is 12.8 Å². The summed E-state index contributed by atoms with van der Waals surface area (Å²) in [6.07, 6.45) is 2.67. The van der Waals surface area contributed by atoms with Gasteiger partial charge in [0.05, 0.1) is 0 Å². The maximum atomic E-state index is 4.58. The lowest BCUT2D eigenvalue weighted by atomic mass is 9.99. The molecule has 3 heterocycles. The summed E-state index contributed by atoms with van der Waals surface area (Å²) in [5.41, 5.74) is 3.50. The number of anilines is 1. The lowest BCUT2D eigenvalue weighted by Crippen LogP contribution is -2.34. The third kappa shape index (κ3) is 3.70. The van der Waals surface area contributed by atoms with Crippen molar-refractivity contribution in [2.75, 3.05) is 18.4 Å². The highest BCUT2D eigenvalue weighted by atomic mass is 15.4. The molecule has 0 saturated carbocycles.